The van der Waals surface area contributed by atoms with E-state index in [4.69, 9.17) is 0 Å². The number of amides is 1. The van der Waals surface area contributed by atoms with Crippen molar-refractivity contribution < 1.29 is 4.79 Å². The van der Waals surface area contributed by atoms with Crippen LogP contribution in [0.15, 0.2) is 5.38 Å². The molecule has 1 N–H and O–H groups in total. The Labute approximate surface area is 113 Å². The number of hydrogen-bond acceptors (Lipinski definition) is 6. The van der Waals surface area contributed by atoms with Gasteiger partial charge in [-0.1, -0.05) is 25.3 Å². The molecule has 0 aliphatic rings. The van der Waals surface area contributed by atoms with Crippen molar-refractivity contribution in [2.45, 2.75) is 33.1 Å². The maximum Gasteiger partial charge on any atom is 0.271 e. The molecular formula is C11H14N4OS2. The number of anilines is 1. The number of thiazole rings is 1. The van der Waals surface area contributed by atoms with Crippen molar-refractivity contribution in [3.63, 3.8) is 0 Å². The van der Waals surface area contributed by atoms with Gasteiger partial charge in [0, 0.05) is 5.38 Å². The summed E-state index contributed by atoms with van der Waals surface area (Å²) >= 11 is 2.56. The largest absolute Gasteiger partial charge is 0.297 e. The summed E-state index contributed by atoms with van der Waals surface area (Å²) in [5.41, 5.74) is 1.73. The van der Waals surface area contributed by atoms with E-state index in [1.54, 1.807) is 0 Å². The van der Waals surface area contributed by atoms with Crippen LogP contribution in [0.5, 0.6) is 0 Å². The Morgan fingerprint density at radius 3 is 2.89 bits per heavy atom. The van der Waals surface area contributed by atoms with Gasteiger partial charge in [0.1, 0.15) is 4.88 Å². The number of nitrogens with one attached hydrogen (secondary N) is 1. The smallest absolute Gasteiger partial charge is 0.271 e. The number of aryl methyl sites for hydroxylation is 1. The van der Waals surface area contributed by atoms with E-state index in [2.05, 4.69) is 33.7 Å². The first-order valence-corrected chi connectivity index (χ1v) is 7.35. The van der Waals surface area contributed by atoms with E-state index in [9.17, 15) is 4.79 Å². The summed E-state index contributed by atoms with van der Waals surface area (Å²) in [7, 11) is 0. The highest BCUT2D eigenvalue weighted by atomic mass is 32.1. The van der Waals surface area contributed by atoms with Crippen molar-refractivity contribution in [3.8, 4) is 0 Å². The van der Waals surface area contributed by atoms with Gasteiger partial charge in [0.2, 0.25) is 0 Å². The number of carbonyl (C=O) groups is 1. The highest BCUT2D eigenvalue weighted by Crippen LogP contribution is 2.22. The van der Waals surface area contributed by atoms with Crippen LogP contribution in [0.2, 0.25) is 0 Å². The molecule has 2 rings (SSSR count). The van der Waals surface area contributed by atoms with Crippen molar-refractivity contribution in [3.05, 3.63) is 21.6 Å². The highest BCUT2D eigenvalue weighted by Gasteiger charge is 2.16. The average Bonchev–Trinajstić information content (AvgIpc) is 2.96. The molecule has 0 aromatic carbocycles. The molecule has 0 saturated heterocycles. The lowest BCUT2D eigenvalue weighted by atomic mass is 10.2. The Morgan fingerprint density at radius 2 is 2.28 bits per heavy atom. The molecule has 2 aromatic heterocycles. The normalized spacial score (nSPS) is 10.9. The van der Waals surface area contributed by atoms with Gasteiger partial charge in [0.25, 0.3) is 5.91 Å². The molecular weight excluding hydrogens is 268 g/mol. The van der Waals surface area contributed by atoms with Crippen molar-refractivity contribution in [1.82, 2.24) is 14.6 Å². The Bertz CT molecular complexity index is 547. The van der Waals surface area contributed by atoms with E-state index >= 15 is 0 Å². The maximum atomic E-state index is 12.0. The molecule has 0 fully saturated rings. The van der Waals surface area contributed by atoms with Crippen molar-refractivity contribution in [2.24, 2.45) is 0 Å². The summed E-state index contributed by atoms with van der Waals surface area (Å²) in [5, 5.41) is 9.30. The molecule has 0 atom stereocenters. The maximum absolute atomic E-state index is 12.0. The Kier molecular flexibility index (Phi) is 4.03. The second kappa shape index (κ2) is 5.53. The van der Waals surface area contributed by atoms with Crippen LogP contribution in [0.4, 0.5) is 5.13 Å². The van der Waals surface area contributed by atoms with Gasteiger partial charge in [0.05, 0.1) is 11.4 Å². The third-order valence-electron chi connectivity index (χ3n) is 2.43. The first-order valence-electron chi connectivity index (χ1n) is 5.69. The summed E-state index contributed by atoms with van der Waals surface area (Å²) in [6.45, 7) is 6.10. The first-order chi connectivity index (χ1) is 8.61. The Morgan fingerprint density at radius 1 is 1.50 bits per heavy atom. The monoisotopic (exact) mass is 282 g/mol. The number of carbonyl (C=O) groups excluding carboxylic acids is 1. The van der Waals surface area contributed by atoms with Crippen LogP contribution in [0.1, 0.15) is 47.7 Å². The average molecular weight is 282 g/mol. The molecule has 0 saturated carbocycles. The van der Waals surface area contributed by atoms with E-state index in [0.717, 1.165) is 22.9 Å². The lowest BCUT2D eigenvalue weighted by molar-refractivity contribution is 0.102. The second-order valence-electron chi connectivity index (χ2n) is 4.09. The lowest BCUT2D eigenvalue weighted by Crippen LogP contribution is -2.12. The van der Waals surface area contributed by atoms with Gasteiger partial charge < -0.3 is 0 Å². The third-order valence-corrected chi connectivity index (χ3v) is 3.97. The molecule has 0 bridgehead atoms. The zero-order valence-electron chi connectivity index (χ0n) is 10.4. The van der Waals surface area contributed by atoms with E-state index in [1.165, 1.54) is 11.3 Å². The Hall–Kier alpha value is -1.34. The predicted molar refractivity (Wildman–Crippen MR) is 73.4 cm³/mol. The van der Waals surface area contributed by atoms with Gasteiger partial charge in [0.15, 0.2) is 5.13 Å². The zero-order valence-corrected chi connectivity index (χ0v) is 12.1. The van der Waals surface area contributed by atoms with Crippen LogP contribution in [0, 0.1) is 0 Å². The van der Waals surface area contributed by atoms with Crippen LogP contribution in [-0.4, -0.2) is 20.5 Å². The number of aromatic nitrogens is 3. The summed E-state index contributed by atoms with van der Waals surface area (Å²) in [6.07, 6.45) is 0.703. The first kappa shape index (κ1) is 13.1. The minimum absolute atomic E-state index is 0.175. The van der Waals surface area contributed by atoms with Gasteiger partial charge in [-0.25, -0.2) is 4.98 Å². The quantitative estimate of drug-likeness (QED) is 0.936. The van der Waals surface area contributed by atoms with Crippen LogP contribution < -0.4 is 5.32 Å². The van der Waals surface area contributed by atoms with E-state index in [-0.39, 0.29) is 5.91 Å². The fourth-order valence-corrected chi connectivity index (χ4v) is 2.89. The molecule has 0 unspecified atom stereocenters. The van der Waals surface area contributed by atoms with Crippen molar-refractivity contribution in [1.29, 1.82) is 0 Å². The molecule has 7 heteroatoms. The van der Waals surface area contributed by atoms with Crippen LogP contribution in [-0.2, 0) is 6.42 Å². The molecule has 2 aromatic rings. The minimum atomic E-state index is -0.175. The van der Waals surface area contributed by atoms with Gasteiger partial charge in [-0.05, 0) is 23.9 Å². The fraction of sp³-hybridized carbons (Fsp3) is 0.455. The van der Waals surface area contributed by atoms with Crippen LogP contribution in [0.25, 0.3) is 0 Å². The van der Waals surface area contributed by atoms with Gasteiger partial charge in [-0.3, -0.25) is 10.1 Å². The van der Waals surface area contributed by atoms with Crippen molar-refractivity contribution in [2.75, 3.05) is 5.32 Å². The molecule has 0 aliphatic heterocycles. The number of hydrogen-bond donors (Lipinski definition) is 1. The molecule has 96 valence electrons. The standard InChI is InChI=1S/C11H14N4OS2/c1-4-7-9(18-15-14-7)10(16)13-11-12-8(5-17-11)6(2)3/h5-6H,4H2,1-3H3,(H,12,13,16). The Balaban J connectivity index is 2.11. The minimum Gasteiger partial charge on any atom is -0.297 e. The molecule has 2 heterocycles. The van der Waals surface area contributed by atoms with E-state index in [1.807, 2.05) is 12.3 Å². The zero-order chi connectivity index (χ0) is 13.1. The number of nitrogens with zero attached hydrogens (tertiary/aromatic N) is 3. The van der Waals surface area contributed by atoms with Crippen LogP contribution in [0.3, 0.4) is 0 Å². The molecule has 0 radical (unpaired) electrons. The fourth-order valence-electron chi connectivity index (χ4n) is 1.38. The molecule has 0 aliphatic carbocycles. The van der Waals surface area contributed by atoms with E-state index < -0.39 is 0 Å². The molecule has 0 spiro atoms. The lowest BCUT2D eigenvalue weighted by Gasteiger charge is -2.00. The van der Waals surface area contributed by atoms with E-state index in [0.29, 0.717) is 22.3 Å². The summed E-state index contributed by atoms with van der Waals surface area (Å²) < 4.78 is 3.80. The van der Waals surface area contributed by atoms with Gasteiger partial charge in [-0.15, -0.1) is 16.4 Å². The molecule has 1 amide bonds. The topological polar surface area (TPSA) is 67.8 Å². The summed E-state index contributed by atoms with van der Waals surface area (Å²) in [5.74, 6) is 0.190. The second-order valence-corrected chi connectivity index (χ2v) is 5.70. The molecule has 18 heavy (non-hydrogen) atoms. The highest BCUT2D eigenvalue weighted by molar-refractivity contribution is 7.14. The van der Waals surface area contributed by atoms with Crippen molar-refractivity contribution >= 4 is 33.9 Å². The summed E-state index contributed by atoms with van der Waals surface area (Å²) in [6, 6.07) is 0. The van der Waals surface area contributed by atoms with Gasteiger partial charge in [-0.2, -0.15) is 0 Å². The predicted octanol–water partition coefficient (Wildman–Crippen LogP) is 2.93. The van der Waals surface area contributed by atoms with Gasteiger partial charge >= 0.3 is 0 Å². The molecule has 5 nitrogen and oxygen atoms in total. The SMILES string of the molecule is CCc1nnsc1C(=O)Nc1nc(C(C)C)cs1. The summed E-state index contributed by atoms with van der Waals surface area (Å²) in [4.78, 5) is 17.0. The number of rotatable bonds is 4. The third kappa shape index (κ3) is 2.73. The van der Waals surface area contributed by atoms with Crippen LogP contribution >= 0.6 is 22.9 Å².